The van der Waals surface area contributed by atoms with Crippen LogP contribution in [0.25, 0.3) is 0 Å². The summed E-state index contributed by atoms with van der Waals surface area (Å²) < 4.78 is 13.0. The Balaban J connectivity index is 1.50. The maximum Gasteiger partial charge on any atom is 0.286 e. The fraction of sp³-hybridized carbons (Fsp3) is 0.522. The maximum absolute atomic E-state index is 13.0. The standard InChI is InChI=1S/C23H31FN6O3S/c1-3-29(4-2)13-6-12-25-19(31)16-7-5-14-30(15-16)23(33)22-28-27-21(34-22)20(32)26-18-10-8-17(24)9-11-18/h8-11,16H,3-7,12-15H2,1-2H3,(H,25,31)(H,26,32). The molecule has 1 unspecified atom stereocenters. The minimum atomic E-state index is -0.524. The fourth-order valence-corrected chi connectivity index (χ4v) is 4.54. The number of aromatic nitrogens is 2. The minimum Gasteiger partial charge on any atom is -0.356 e. The lowest BCUT2D eigenvalue weighted by molar-refractivity contribution is -0.126. The number of amides is 3. The zero-order valence-corrected chi connectivity index (χ0v) is 20.4. The van der Waals surface area contributed by atoms with Crippen LogP contribution in [0.5, 0.6) is 0 Å². The van der Waals surface area contributed by atoms with Crippen molar-refractivity contribution in [2.45, 2.75) is 33.1 Å². The first-order valence-corrected chi connectivity index (χ1v) is 12.4. The van der Waals surface area contributed by atoms with Gasteiger partial charge >= 0.3 is 0 Å². The van der Waals surface area contributed by atoms with Crippen LogP contribution in [-0.4, -0.2) is 77.0 Å². The molecule has 0 saturated carbocycles. The van der Waals surface area contributed by atoms with E-state index in [0.29, 0.717) is 25.3 Å². The van der Waals surface area contributed by atoms with Gasteiger partial charge in [0.1, 0.15) is 5.82 Å². The predicted molar refractivity (Wildman–Crippen MR) is 128 cm³/mol. The van der Waals surface area contributed by atoms with E-state index in [2.05, 4.69) is 39.6 Å². The molecule has 1 fully saturated rings. The number of benzene rings is 1. The van der Waals surface area contributed by atoms with Crippen molar-refractivity contribution in [1.82, 2.24) is 25.3 Å². The highest BCUT2D eigenvalue weighted by Gasteiger charge is 2.30. The molecule has 1 atom stereocenters. The van der Waals surface area contributed by atoms with E-state index < -0.39 is 11.7 Å². The Bertz CT molecular complexity index is 979. The Morgan fingerprint density at radius 3 is 2.56 bits per heavy atom. The van der Waals surface area contributed by atoms with Gasteiger partial charge in [-0.05, 0) is 63.2 Å². The van der Waals surface area contributed by atoms with E-state index in [-0.39, 0.29) is 27.7 Å². The molecular weight excluding hydrogens is 459 g/mol. The number of anilines is 1. The smallest absolute Gasteiger partial charge is 0.286 e. The molecule has 1 aromatic heterocycles. The minimum absolute atomic E-state index is 0.0336. The monoisotopic (exact) mass is 490 g/mol. The van der Waals surface area contributed by atoms with Crippen molar-refractivity contribution in [2.24, 2.45) is 5.92 Å². The highest BCUT2D eigenvalue weighted by Crippen LogP contribution is 2.21. The van der Waals surface area contributed by atoms with E-state index in [1.54, 1.807) is 4.90 Å². The summed E-state index contributed by atoms with van der Waals surface area (Å²) in [4.78, 5) is 41.8. The van der Waals surface area contributed by atoms with Crippen molar-refractivity contribution < 1.29 is 18.8 Å². The van der Waals surface area contributed by atoms with Crippen molar-refractivity contribution >= 4 is 34.7 Å². The van der Waals surface area contributed by atoms with Gasteiger partial charge in [0.25, 0.3) is 11.8 Å². The van der Waals surface area contributed by atoms with E-state index in [1.807, 2.05) is 0 Å². The van der Waals surface area contributed by atoms with E-state index in [1.165, 1.54) is 24.3 Å². The van der Waals surface area contributed by atoms with Crippen LogP contribution in [0, 0.1) is 11.7 Å². The molecule has 1 aromatic carbocycles. The second kappa shape index (κ2) is 12.5. The second-order valence-corrected chi connectivity index (χ2v) is 9.11. The number of halogens is 1. The number of nitrogens with one attached hydrogen (secondary N) is 2. The molecule has 0 bridgehead atoms. The number of rotatable bonds is 10. The molecular formula is C23H31FN6O3S. The van der Waals surface area contributed by atoms with Crippen molar-refractivity contribution in [3.8, 4) is 0 Å². The Morgan fingerprint density at radius 1 is 1.15 bits per heavy atom. The molecule has 2 heterocycles. The third-order valence-electron chi connectivity index (χ3n) is 5.83. The molecule has 1 aliphatic heterocycles. The van der Waals surface area contributed by atoms with Gasteiger partial charge in [-0.2, -0.15) is 0 Å². The number of likely N-dealkylation sites (tertiary alicyclic amines) is 1. The Hall–Kier alpha value is -2.92. The summed E-state index contributed by atoms with van der Waals surface area (Å²) in [5.41, 5.74) is 0.413. The van der Waals surface area contributed by atoms with Gasteiger partial charge in [-0.1, -0.05) is 25.2 Å². The van der Waals surface area contributed by atoms with Gasteiger partial charge in [-0.3, -0.25) is 14.4 Å². The SMILES string of the molecule is CCN(CC)CCCNC(=O)C1CCCN(C(=O)c2nnc(C(=O)Nc3ccc(F)cc3)s2)C1. The van der Waals surface area contributed by atoms with Gasteiger partial charge in [-0.25, -0.2) is 4.39 Å². The molecule has 11 heteroatoms. The molecule has 1 aliphatic rings. The van der Waals surface area contributed by atoms with Crippen molar-refractivity contribution in [1.29, 1.82) is 0 Å². The lowest BCUT2D eigenvalue weighted by Crippen LogP contribution is -2.45. The summed E-state index contributed by atoms with van der Waals surface area (Å²) in [6, 6.07) is 5.34. The van der Waals surface area contributed by atoms with E-state index in [0.717, 1.165) is 50.2 Å². The highest BCUT2D eigenvalue weighted by atomic mass is 32.1. The number of hydrogen-bond acceptors (Lipinski definition) is 7. The number of piperidine rings is 1. The topological polar surface area (TPSA) is 108 Å². The summed E-state index contributed by atoms with van der Waals surface area (Å²) >= 11 is 0.894. The van der Waals surface area contributed by atoms with Gasteiger partial charge in [0.2, 0.25) is 15.9 Å². The van der Waals surface area contributed by atoms with Crippen LogP contribution in [0.3, 0.4) is 0 Å². The van der Waals surface area contributed by atoms with E-state index in [9.17, 15) is 18.8 Å². The normalized spacial score (nSPS) is 15.9. The molecule has 3 amide bonds. The van der Waals surface area contributed by atoms with Crippen molar-refractivity contribution in [3.63, 3.8) is 0 Å². The molecule has 9 nitrogen and oxygen atoms in total. The van der Waals surface area contributed by atoms with Crippen LogP contribution in [0.15, 0.2) is 24.3 Å². The fourth-order valence-electron chi connectivity index (χ4n) is 3.83. The number of carbonyl (C=O) groups excluding carboxylic acids is 3. The predicted octanol–water partition coefficient (Wildman–Crippen LogP) is 2.63. The van der Waals surface area contributed by atoms with Crippen LogP contribution in [-0.2, 0) is 4.79 Å². The quantitative estimate of drug-likeness (QED) is 0.496. The maximum atomic E-state index is 13.0. The first-order chi connectivity index (χ1) is 16.4. The third-order valence-corrected chi connectivity index (χ3v) is 6.74. The summed E-state index contributed by atoms with van der Waals surface area (Å²) in [5, 5.41) is 13.4. The van der Waals surface area contributed by atoms with Gasteiger partial charge in [0, 0.05) is 25.3 Å². The van der Waals surface area contributed by atoms with Crippen LogP contribution in [0.4, 0.5) is 10.1 Å². The molecule has 184 valence electrons. The average molecular weight is 491 g/mol. The van der Waals surface area contributed by atoms with Crippen LogP contribution in [0.1, 0.15) is 52.7 Å². The summed E-state index contributed by atoms with van der Waals surface area (Å²) in [5.74, 6) is -1.56. The molecule has 2 aromatic rings. The molecule has 0 radical (unpaired) electrons. The van der Waals surface area contributed by atoms with Crippen LogP contribution < -0.4 is 10.6 Å². The Labute approximate surface area is 202 Å². The first kappa shape index (κ1) is 25.7. The molecule has 1 saturated heterocycles. The Morgan fingerprint density at radius 2 is 1.85 bits per heavy atom. The largest absolute Gasteiger partial charge is 0.356 e. The van der Waals surface area contributed by atoms with Crippen LogP contribution >= 0.6 is 11.3 Å². The van der Waals surface area contributed by atoms with Crippen molar-refractivity contribution in [3.05, 3.63) is 40.1 Å². The Kier molecular flexibility index (Phi) is 9.46. The molecule has 34 heavy (non-hydrogen) atoms. The van der Waals surface area contributed by atoms with E-state index in [4.69, 9.17) is 0 Å². The molecule has 3 rings (SSSR count). The van der Waals surface area contributed by atoms with Crippen molar-refractivity contribution in [2.75, 3.05) is 44.6 Å². The summed E-state index contributed by atoms with van der Waals surface area (Å²) in [6.45, 7) is 8.62. The second-order valence-electron chi connectivity index (χ2n) is 8.14. The zero-order chi connectivity index (χ0) is 24.5. The third kappa shape index (κ3) is 7.04. The van der Waals surface area contributed by atoms with Gasteiger partial charge < -0.3 is 20.4 Å². The lowest BCUT2D eigenvalue weighted by atomic mass is 9.97. The summed E-state index contributed by atoms with van der Waals surface area (Å²) in [6.07, 6.45) is 2.34. The van der Waals surface area contributed by atoms with Gasteiger partial charge in [0.05, 0.1) is 5.92 Å². The number of hydrogen-bond donors (Lipinski definition) is 2. The van der Waals surface area contributed by atoms with E-state index >= 15 is 0 Å². The number of carbonyl (C=O) groups is 3. The first-order valence-electron chi connectivity index (χ1n) is 11.6. The molecule has 0 aliphatic carbocycles. The molecule has 2 N–H and O–H groups in total. The zero-order valence-electron chi connectivity index (χ0n) is 19.6. The van der Waals surface area contributed by atoms with Gasteiger partial charge in [0.15, 0.2) is 0 Å². The van der Waals surface area contributed by atoms with Gasteiger partial charge in [-0.15, -0.1) is 10.2 Å². The number of nitrogens with zero attached hydrogens (tertiary/aromatic N) is 4. The molecule has 0 spiro atoms. The van der Waals surface area contributed by atoms with Crippen LogP contribution in [0.2, 0.25) is 0 Å². The summed E-state index contributed by atoms with van der Waals surface area (Å²) in [7, 11) is 0. The highest BCUT2D eigenvalue weighted by molar-refractivity contribution is 7.15. The lowest BCUT2D eigenvalue weighted by Gasteiger charge is -2.31. The average Bonchev–Trinajstić information content (AvgIpc) is 3.35.